The molecular weight excluding hydrogens is 240 g/mol. The van der Waals surface area contributed by atoms with Crippen molar-refractivity contribution in [2.75, 3.05) is 0 Å². The van der Waals surface area contributed by atoms with Crippen LogP contribution in [0.25, 0.3) is 0 Å². The lowest BCUT2D eigenvalue weighted by atomic mass is 10.2. The molecule has 0 atom stereocenters. The molecule has 0 spiro atoms. The maximum absolute atomic E-state index is 6.15. The number of rotatable bonds is 3. The summed E-state index contributed by atoms with van der Waals surface area (Å²) < 4.78 is 0. The number of aromatic nitrogens is 1. The molecule has 0 aliphatic heterocycles. The third kappa shape index (κ3) is 2.76. The Kier molecular flexibility index (Phi) is 3.83. The van der Waals surface area contributed by atoms with Crippen LogP contribution in [0.1, 0.15) is 5.56 Å². The first kappa shape index (κ1) is 11.5. The summed E-state index contributed by atoms with van der Waals surface area (Å²) >= 11 is 7.70. The molecule has 0 aliphatic rings. The highest BCUT2D eigenvalue weighted by Gasteiger charge is 2.04. The van der Waals surface area contributed by atoms with Gasteiger partial charge < -0.3 is 5.73 Å². The number of hydrogen-bond donors (Lipinski definition) is 1. The van der Waals surface area contributed by atoms with Crippen molar-refractivity contribution in [3.63, 3.8) is 0 Å². The molecule has 1 heterocycles. The fraction of sp³-hybridized carbons (Fsp3) is 0.0833. The van der Waals surface area contributed by atoms with Gasteiger partial charge in [-0.1, -0.05) is 35.5 Å². The van der Waals surface area contributed by atoms with Gasteiger partial charge in [-0.25, -0.2) is 4.98 Å². The molecule has 1 aromatic heterocycles. The van der Waals surface area contributed by atoms with E-state index in [1.54, 1.807) is 18.0 Å². The van der Waals surface area contributed by atoms with Crippen molar-refractivity contribution in [2.24, 2.45) is 5.73 Å². The van der Waals surface area contributed by atoms with Gasteiger partial charge in [0.2, 0.25) is 0 Å². The van der Waals surface area contributed by atoms with Crippen molar-refractivity contribution in [1.82, 2.24) is 4.98 Å². The van der Waals surface area contributed by atoms with Crippen LogP contribution >= 0.6 is 23.4 Å². The zero-order chi connectivity index (χ0) is 11.4. The number of hydrogen-bond acceptors (Lipinski definition) is 3. The summed E-state index contributed by atoms with van der Waals surface area (Å²) in [5.74, 6) is 0. The van der Waals surface area contributed by atoms with E-state index in [0.29, 0.717) is 6.54 Å². The molecule has 0 amide bonds. The van der Waals surface area contributed by atoms with Crippen LogP contribution in [0.3, 0.4) is 0 Å². The second-order valence-electron chi connectivity index (χ2n) is 3.24. The highest BCUT2D eigenvalue weighted by molar-refractivity contribution is 7.99. The lowest BCUT2D eigenvalue weighted by molar-refractivity contribution is 1.06. The van der Waals surface area contributed by atoms with Crippen LogP contribution in [-0.2, 0) is 6.54 Å². The fourth-order valence-electron chi connectivity index (χ4n) is 1.27. The summed E-state index contributed by atoms with van der Waals surface area (Å²) in [6.07, 6.45) is 1.77. The molecule has 16 heavy (non-hydrogen) atoms. The topological polar surface area (TPSA) is 38.9 Å². The van der Waals surface area contributed by atoms with Crippen molar-refractivity contribution in [2.45, 2.75) is 16.5 Å². The molecule has 2 nitrogen and oxygen atoms in total. The molecule has 0 saturated heterocycles. The van der Waals surface area contributed by atoms with Crippen LogP contribution in [-0.4, -0.2) is 4.98 Å². The van der Waals surface area contributed by atoms with Gasteiger partial charge in [-0.2, -0.15) is 0 Å². The van der Waals surface area contributed by atoms with Crippen molar-refractivity contribution < 1.29 is 0 Å². The van der Waals surface area contributed by atoms with E-state index in [1.165, 1.54) is 0 Å². The van der Waals surface area contributed by atoms with Gasteiger partial charge in [0, 0.05) is 17.6 Å². The monoisotopic (exact) mass is 250 g/mol. The van der Waals surface area contributed by atoms with Crippen molar-refractivity contribution >= 4 is 23.4 Å². The third-order valence-electron chi connectivity index (χ3n) is 2.08. The van der Waals surface area contributed by atoms with E-state index in [-0.39, 0.29) is 0 Å². The Morgan fingerprint density at radius 2 is 2.12 bits per heavy atom. The van der Waals surface area contributed by atoms with Gasteiger partial charge in [0.05, 0.1) is 5.02 Å². The maximum atomic E-state index is 6.15. The van der Waals surface area contributed by atoms with Gasteiger partial charge in [-0.15, -0.1) is 0 Å². The average Bonchev–Trinajstić information content (AvgIpc) is 2.33. The van der Waals surface area contributed by atoms with Gasteiger partial charge in [0.15, 0.2) is 0 Å². The first-order valence-electron chi connectivity index (χ1n) is 4.87. The number of pyridine rings is 1. The van der Waals surface area contributed by atoms with Gasteiger partial charge in [-0.05, 0) is 29.8 Å². The highest BCUT2D eigenvalue weighted by atomic mass is 35.5. The SMILES string of the molecule is NCc1ccc(Sc2ccccn2)c(Cl)c1. The summed E-state index contributed by atoms with van der Waals surface area (Å²) in [5.41, 5.74) is 6.58. The largest absolute Gasteiger partial charge is 0.326 e. The number of nitrogens with zero attached hydrogens (tertiary/aromatic N) is 1. The average molecular weight is 251 g/mol. The standard InChI is InChI=1S/C12H11ClN2S/c13-10-7-9(8-14)4-5-11(10)16-12-3-1-2-6-15-12/h1-7H,8,14H2. The van der Waals surface area contributed by atoms with Crippen LogP contribution in [0, 0.1) is 0 Å². The maximum Gasteiger partial charge on any atom is 0.101 e. The lowest BCUT2D eigenvalue weighted by Gasteiger charge is -2.05. The molecular formula is C12H11ClN2S. The van der Waals surface area contributed by atoms with Crippen molar-refractivity contribution in [1.29, 1.82) is 0 Å². The molecule has 2 aromatic rings. The minimum Gasteiger partial charge on any atom is -0.326 e. The van der Waals surface area contributed by atoms with Crippen molar-refractivity contribution in [3.05, 3.63) is 53.2 Å². The number of halogens is 1. The fourth-order valence-corrected chi connectivity index (χ4v) is 2.37. The van der Waals surface area contributed by atoms with Crippen LogP contribution in [0.4, 0.5) is 0 Å². The van der Waals surface area contributed by atoms with Crippen LogP contribution in [0.5, 0.6) is 0 Å². The van der Waals surface area contributed by atoms with E-state index in [2.05, 4.69) is 4.98 Å². The normalized spacial score (nSPS) is 10.4. The van der Waals surface area contributed by atoms with E-state index < -0.39 is 0 Å². The summed E-state index contributed by atoms with van der Waals surface area (Å²) in [5, 5.41) is 1.66. The Morgan fingerprint density at radius 1 is 1.25 bits per heavy atom. The zero-order valence-electron chi connectivity index (χ0n) is 8.56. The van der Waals surface area contributed by atoms with Crippen LogP contribution in [0.2, 0.25) is 5.02 Å². The molecule has 2 rings (SSSR count). The first-order chi connectivity index (χ1) is 7.79. The summed E-state index contributed by atoms with van der Waals surface area (Å²) in [6.45, 7) is 0.508. The van der Waals surface area contributed by atoms with Crippen LogP contribution < -0.4 is 5.73 Å². The second kappa shape index (κ2) is 5.34. The number of benzene rings is 1. The van der Waals surface area contributed by atoms with Gasteiger partial charge >= 0.3 is 0 Å². The molecule has 0 unspecified atom stereocenters. The quantitative estimate of drug-likeness (QED) is 0.908. The highest BCUT2D eigenvalue weighted by Crippen LogP contribution is 2.32. The Labute approximate surface area is 104 Å². The smallest absolute Gasteiger partial charge is 0.101 e. The Bertz CT molecular complexity index is 474. The molecule has 0 radical (unpaired) electrons. The van der Waals surface area contributed by atoms with E-state index in [9.17, 15) is 0 Å². The summed E-state index contributed by atoms with van der Waals surface area (Å²) in [4.78, 5) is 5.24. The molecule has 0 aliphatic carbocycles. The lowest BCUT2D eigenvalue weighted by Crippen LogP contribution is -1.95. The van der Waals surface area contributed by atoms with Crippen LogP contribution in [0.15, 0.2) is 52.5 Å². The Morgan fingerprint density at radius 3 is 2.75 bits per heavy atom. The van der Waals surface area contributed by atoms with E-state index in [0.717, 1.165) is 20.5 Å². The molecule has 4 heteroatoms. The Hall–Kier alpha value is -1.03. The third-order valence-corrected chi connectivity index (χ3v) is 3.54. The van der Waals surface area contributed by atoms with E-state index >= 15 is 0 Å². The molecule has 2 N–H and O–H groups in total. The molecule has 0 bridgehead atoms. The molecule has 0 saturated carbocycles. The minimum atomic E-state index is 0.508. The minimum absolute atomic E-state index is 0.508. The van der Waals surface area contributed by atoms with Crippen molar-refractivity contribution in [3.8, 4) is 0 Å². The predicted molar refractivity (Wildman–Crippen MR) is 67.7 cm³/mol. The molecule has 0 fully saturated rings. The van der Waals surface area contributed by atoms with E-state index in [1.807, 2.05) is 36.4 Å². The summed E-state index contributed by atoms with van der Waals surface area (Å²) in [7, 11) is 0. The number of nitrogens with two attached hydrogens (primary N) is 1. The second-order valence-corrected chi connectivity index (χ2v) is 4.71. The Balaban J connectivity index is 2.22. The van der Waals surface area contributed by atoms with Gasteiger partial charge in [0.25, 0.3) is 0 Å². The van der Waals surface area contributed by atoms with E-state index in [4.69, 9.17) is 17.3 Å². The first-order valence-corrected chi connectivity index (χ1v) is 6.06. The summed E-state index contributed by atoms with van der Waals surface area (Å²) in [6, 6.07) is 11.7. The van der Waals surface area contributed by atoms with Gasteiger partial charge in [0.1, 0.15) is 5.03 Å². The predicted octanol–water partition coefficient (Wildman–Crippen LogP) is 3.34. The molecule has 82 valence electrons. The molecule has 1 aromatic carbocycles. The zero-order valence-corrected chi connectivity index (χ0v) is 10.1. The van der Waals surface area contributed by atoms with Gasteiger partial charge in [-0.3, -0.25) is 0 Å².